The molecule has 0 fully saturated rings. The Bertz CT molecular complexity index is 309. The van der Waals surface area contributed by atoms with Gasteiger partial charge in [0, 0.05) is 13.1 Å². The lowest BCUT2D eigenvalue weighted by atomic mass is 10.1. The van der Waals surface area contributed by atoms with Crippen LogP contribution >= 0.6 is 0 Å². The molecule has 0 bridgehead atoms. The lowest BCUT2D eigenvalue weighted by molar-refractivity contribution is 0.294. The summed E-state index contributed by atoms with van der Waals surface area (Å²) in [5, 5.41) is 11.8. The Morgan fingerprint density at radius 3 is 2.05 bits per heavy atom. The largest absolute Gasteiger partial charge is 0.395 e. The van der Waals surface area contributed by atoms with Crippen LogP contribution in [0, 0.1) is 0 Å². The highest BCUT2D eigenvalue weighted by atomic mass is 16.3. The van der Waals surface area contributed by atoms with Crippen molar-refractivity contribution in [3.63, 3.8) is 0 Å². The van der Waals surface area contributed by atoms with E-state index < -0.39 is 0 Å². The van der Waals surface area contributed by atoms with Crippen LogP contribution < -0.4 is 5.32 Å². The van der Waals surface area contributed by atoms with Crippen molar-refractivity contribution in [2.75, 3.05) is 19.7 Å². The third-order valence-corrected chi connectivity index (χ3v) is 3.01. The summed E-state index contributed by atoms with van der Waals surface area (Å²) in [6.07, 6.45) is 11.5. The second-order valence-electron chi connectivity index (χ2n) is 5.39. The number of hydrogen-bond donors (Lipinski definition) is 2. The third kappa shape index (κ3) is 13.4. The average Bonchev–Trinajstić information content (AvgIpc) is 2.34. The van der Waals surface area contributed by atoms with Gasteiger partial charge in [0.05, 0.1) is 6.61 Å². The summed E-state index contributed by atoms with van der Waals surface area (Å²) < 4.78 is 0. The minimum Gasteiger partial charge on any atom is -0.395 e. The minimum atomic E-state index is 0.209. The van der Waals surface area contributed by atoms with E-state index in [1.165, 1.54) is 23.1 Å². The summed E-state index contributed by atoms with van der Waals surface area (Å²) in [7, 11) is 0. The molecule has 0 aromatic heterocycles. The fourth-order valence-electron chi connectivity index (χ4n) is 1.77. The maximum absolute atomic E-state index is 8.64. The Labute approximate surface area is 119 Å². The van der Waals surface area contributed by atoms with E-state index in [-0.39, 0.29) is 6.61 Å². The lowest BCUT2D eigenvalue weighted by Gasteiger charge is -2.02. The predicted octanol–water partition coefficient (Wildman–Crippen LogP) is 3.99. The normalized spacial score (nSPS) is 12.7. The van der Waals surface area contributed by atoms with E-state index in [2.05, 4.69) is 51.2 Å². The molecule has 0 saturated carbocycles. The molecule has 0 aliphatic carbocycles. The number of hydrogen-bond acceptors (Lipinski definition) is 2. The number of rotatable bonds is 10. The Hall–Kier alpha value is -0.860. The van der Waals surface area contributed by atoms with Gasteiger partial charge in [-0.15, -0.1) is 0 Å². The Balaban J connectivity index is 3.77. The van der Waals surface area contributed by atoms with Gasteiger partial charge in [-0.2, -0.15) is 0 Å². The van der Waals surface area contributed by atoms with Crippen molar-refractivity contribution < 1.29 is 5.11 Å². The van der Waals surface area contributed by atoms with Gasteiger partial charge in [0.1, 0.15) is 0 Å². The maximum Gasteiger partial charge on any atom is 0.0556 e. The molecule has 0 aliphatic heterocycles. The fourth-order valence-corrected chi connectivity index (χ4v) is 1.77. The topological polar surface area (TPSA) is 32.3 Å². The van der Waals surface area contributed by atoms with Gasteiger partial charge in [-0.1, -0.05) is 34.9 Å². The summed E-state index contributed by atoms with van der Waals surface area (Å²) in [6.45, 7) is 10.4. The minimum absolute atomic E-state index is 0.209. The molecular weight excluding hydrogens is 234 g/mol. The van der Waals surface area contributed by atoms with Gasteiger partial charge in [0.15, 0.2) is 0 Å². The van der Waals surface area contributed by atoms with Crippen molar-refractivity contribution >= 4 is 0 Å². The number of nitrogens with one attached hydrogen (secondary N) is 1. The fraction of sp³-hybridized carbons (Fsp3) is 0.647. The Morgan fingerprint density at radius 1 is 0.895 bits per heavy atom. The summed E-state index contributed by atoms with van der Waals surface area (Å²) in [5.41, 5.74) is 4.31. The molecule has 19 heavy (non-hydrogen) atoms. The average molecular weight is 265 g/mol. The SMILES string of the molecule is CC(C)=CCCC(C)=CCCC(C)=CCNCCO. The maximum atomic E-state index is 8.64. The smallest absolute Gasteiger partial charge is 0.0556 e. The second kappa shape index (κ2) is 12.2. The zero-order valence-corrected chi connectivity index (χ0v) is 13.1. The first-order valence-electron chi connectivity index (χ1n) is 7.32. The summed E-state index contributed by atoms with van der Waals surface area (Å²) >= 11 is 0. The quantitative estimate of drug-likeness (QED) is 0.462. The lowest BCUT2D eigenvalue weighted by Crippen LogP contribution is -2.18. The third-order valence-electron chi connectivity index (χ3n) is 3.01. The molecule has 0 radical (unpaired) electrons. The van der Waals surface area contributed by atoms with Crippen LogP contribution in [0.25, 0.3) is 0 Å². The molecule has 0 atom stereocenters. The van der Waals surface area contributed by atoms with E-state index >= 15 is 0 Å². The first-order chi connectivity index (χ1) is 9.06. The molecule has 0 amide bonds. The first-order valence-corrected chi connectivity index (χ1v) is 7.32. The monoisotopic (exact) mass is 265 g/mol. The number of aliphatic hydroxyl groups is 1. The Kier molecular flexibility index (Phi) is 11.6. The highest BCUT2D eigenvalue weighted by Crippen LogP contribution is 2.11. The van der Waals surface area contributed by atoms with Crippen molar-refractivity contribution in [3.05, 3.63) is 34.9 Å². The molecule has 0 rings (SSSR count). The van der Waals surface area contributed by atoms with Crippen LogP contribution in [-0.4, -0.2) is 24.8 Å². The highest BCUT2D eigenvalue weighted by Gasteiger charge is 1.92. The van der Waals surface area contributed by atoms with Crippen molar-refractivity contribution in [2.45, 2.75) is 53.4 Å². The van der Waals surface area contributed by atoms with Gasteiger partial charge < -0.3 is 10.4 Å². The second-order valence-corrected chi connectivity index (χ2v) is 5.39. The van der Waals surface area contributed by atoms with E-state index in [0.717, 1.165) is 25.8 Å². The Morgan fingerprint density at radius 2 is 1.47 bits per heavy atom. The van der Waals surface area contributed by atoms with E-state index in [0.29, 0.717) is 6.54 Å². The molecule has 2 nitrogen and oxygen atoms in total. The summed E-state index contributed by atoms with van der Waals surface area (Å²) in [5.74, 6) is 0. The molecule has 0 unspecified atom stereocenters. The molecule has 0 heterocycles. The van der Waals surface area contributed by atoms with Crippen LogP contribution in [0.2, 0.25) is 0 Å². The van der Waals surface area contributed by atoms with Gasteiger partial charge in [0.2, 0.25) is 0 Å². The van der Waals surface area contributed by atoms with E-state index in [1.807, 2.05) is 0 Å². The van der Waals surface area contributed by atoms with E-state index in [4.69, 9.17) is 5.11 Å². The van der Waals surface area contributed by atoms with E-state index in [1.54, 1.807) is 0 Å². The van der Waals surface area contributed by atoms with Crippen LogP contribution in [0.4, 0.5) is 0 Å². The summed E-state index contributed by atoms with van der Waals surface area (Å²) in [4.78, 5) is 0. The van der Waals surface area contributed by atoms with Crippen LogP contribution in [-0.2, 0) is 0 Å². The molecule has 0 spiro atoms. The van der Waals surface area contributed by atoms with Gasteiger partial charge >= 0.3 is 0 Å². The zero-order valence-electron chi connectivity index (χ0n) is 13.1. The van der Waals surface area contributed by atoms with Gasteiger partial charge in [0.25, 0.3) is 0 Å². The molecule has 2 heteroatoms. The molecule has 0 aromatic rings. The molecule has 0 saturated heterocycles. The van der Waals surface area contributed by atoms with Gasteiger partial charge in [-0.05, 0) is 53.4 Å². The van der Waals surface area contributed by atoms with Crippen molar-refractivity contribution in [1.29, 1.82) is 0 Å². The van der Waals surface area contributed by atoms with Crippen LogP contribution in [0.5, 0.6) is 0 Å². The molecule has 0 aromatic carbocycles. The van der Waals surface area contributed by atoms with Crippen LogP contribution in [0.1, 0.15) is 53.4 Å². The molecular formula is C17H31NO. The zero-order chi connectivity index (χ0) is 14.5. The van der Waals surface area contributed by atoms with Crippen LogP contribution in [0.15, 0.2) is 34.9 Å². The van der Waals surface area contributed by atoms with Crippen molar-refractivity contribution in [3.8, 4) is 0 Å². The van der Waals surface area contributed by atoms with Gasteiger partial charge in [-0.25, -0.2) is 0 Å². The number of aliphatic hydroxyl groups excluding tert-OH is 1. The standard InChI is InChI=1S/C17H31NO/c1-15(2)7-5-8-16(3)9-6-10-17(4)11-12-18-13-14-19/h7,9,11,18-19H,5-6,8,10,12-14H2,1-4H3. The van der Waals surface area contributed by atoms with Crippen molar-refractivity contribution in [1.82, 2.24) is 5.32 Å². The molecule has 110 valence electrons. The molecule has 0 aliphatic rings. The predicted molar refractivity (Wildman–Crippen MR) is 85.4 cm³/mol. The van der Waals surface area contributed by atoms with Gasteiger partial charge in [-0.3, -0.25) is 0 Å². The first kappa shape index (κ1) is 18.1. The van der Waals surface area contributed by atoms with E-state index in [9.17, 15) is 0 Å². The number of allylic oxidation sites excluding steroid dienone is 5. The highest BCUT2D eigenvalue weighted by molar-refractivity contribution is 5.05. The van der Waals surface area contributed by atoms with Crippen molar-refractivity contribution in [2.24, 2.45) is 0 Å². The molecule has 2 N–H and O–H groups in total. The summed E-state index contributed by atoms with van der Waals surface area (Å²) in [6, 6.07) is 0. The van der Waals surface area contributed by atoms with Crippen LogP contribution in [0.3, 0.4) is 0 Å².